The van der Waals surface area contributed by atoms with E-state index >= 15 is 0 Å². The van der Waals surface area contributed by atoms with Gasteiger partial charge in [0.2, 0.25) is 0 Å². The molecule has 2 unspecified atom stereocenters. The molecule has 1 saturated carbocycles. The van der Waals surface area contributed by atoms with Crippen LogP contribution in [0.5, 0.6) is 0 Å². The molecule has 0 aromatic rings. The first-order chi connectivity index (χ1) is 7.19. The van der Waals surface area contributed by atoms with Gasteiger partial charge in [0.05, 0.1) is 5.92 Å². The molecule has 2 nitrogen and oxygen atoms in total. The normalized spacial score (nSPS) is 23.6. The molecule has 0 bridgehead atoms. The Hall–Kier alpha value is -0.920. The molecule has 2 atom stereocenters. The highest BCUT2D eigenvalue weighted by Crippen LogP contribution is 2.25. The van der Waals surface area contributed by atoms with Crippen molar-refractivity contribution in [2.75, 3.05) is 0 Å². The van der Waals surface area contributed by atoms with Crippen molar-refractivity contribution in [2.24, 2.45) is 11.8 Å². The Kier molecular flexibility index (Phi) is 4.73. The Morgan fingerprint density at radius 2 is 2.33 bits per heavy atom. The third kappa shape index (κ3) is 3.29. The first kappa shape index (κ1) is 12.2. The van der Waals surface area contributed by atoms with Crippen molar-refractivity contribution < 1.29 is 9.59 Å². The molecule has 0 aliphatic heterocycles. The van der Waals surface area contributed by atoms with Crippen LogP contribution in [0.1, 0.15) is 46.0 Å². The summed E-state index contributed by atoms with van der Waals surface area (Å²) in [5.74, 6) is 0.359. The Morgan fingerprint density at radius 1 is 1.60 bits per heavy atom. The minimum absolute atomic E-state index is 0.155. The van der Waals surface area contributed by atoms with Crippen LogP contribution >= 0.6 is 0 Å². The van der Waals surface area contributed by atoms with Crippen LogP contribution in [0.15, 0.2) is 12.2 Å². The highest BCUT2D eigenvalue weighted by Gasteiger charge is 2.31. The van der Waals surface area contributed by atoms with Crippen molar-refractivity contribution in [3.05, 3.63) is 12.2 Å². The maximum absolute atomic E-state index is 11.8. The van der Waals surface area contributed by atoms with Gasteiger partial charge >= 0.3 is 0 Å². The minimum Gasteiger partial charge on any atom is -0.299 e. The molecule has 0 saturated heterocycles. The smallest absolute Gasteiger partial charge is 0.143 e. The van der Waals surface area contributed by atoms with Gasteiger partial charge in [0, 0.05) is 12.8 Å². The largest absolute Gasteiger partial charge is 0.299 e. The zero-order valence-corrected chi connectivity index (χ0v) is 9.66. The number of allylic oxidation sites excluding steroid dienone is 2. The number of carbonyl (C=O) groups is 2. The molecule has 0 radical (unpaired) electrons. The molecule has 0 amide bonds. The fraction of sp³-hybridized carbons (Fsp3) is 0.692. The number of ketones is 2. The number of hydrogen-bond donors (Lipinski definition) is 0. The number of carbonyl (C=O) groups excluding carboxylic acids is 2. The summed E-state index contributed by atoms with van der Waals surface area (Å²) in [6, 6.07) is 0. The first-order valence-electron chi connectivity index (χ1n) is 5.87. The summed E-state index contributed by atoms with van der Waals surface area (Å²) in [5.41, 5.74) is 0. The van der Waals surface area contributed by atoms with E-state index in [9.17, 15) is 9.59 Å². The molecule has 0 spiro atoms. The fourth-order valence-electron chi connectivity index (χ4n) is 2.18. The van der Waals surface area contributed by atoms with Crippen molar-refractivity contribution in [1.82, 2.24) is 0 Å². The van der Waals surface area contributed by atoms with Gasteiger partial charge in [-0.25, -0.2) is 0 Å². The van der Waals surface area contributed by atoms with E-state index < -0.39 is 0 Å². The molecule has 1 rings (SSSR count). The minimum atomic E-state index is -0.274. The van der Waals surface area contributed by atoms with Gasteiger partial charge in [0.25, 0.3) is 0 Å². The molecule has 0 N–H and O–H groups in total. The van der Waals surface area contributed by atoms with Gasteiger partial charge in [-0.2, -0.15) is 0 Å². The maximum Gasteiger partial charge on any atom is 0.143 e. The second-order valence-corrected chi connectivity index (χ2v) is 4.28. The van der Waals surface area contributed by atoms with E-state index in [0.29, 0.717) is 18.8 Å². The molecule has 15 heavy (non-hydrogen) atoms. The first-order valence-corrected chi connectivity index (χ1v) is 5.87. The summed E-state index contributed by atoms with van der Waals surface area (Å²) in [5, 5.41) is 0. The zero-order chi connectivity index (χ0) is 11.3. The third-order valence-corrected chi connectivity index (χ3v) is 3.15. The summed E-state index contributed by atoms with van der Waals surface area (Å²) in [6.07, 6.45) is 7.85. The van der Waals surface area contributed by atoms with Gasteiger partial charge < -0.3 is 0 Å². The second-order valence-electron chi connectivity index (χ2n) is 4.28. The Labute approximate surface area is 91.7 Å². The predicted octanol–water partition coefficient (Wildman–Crippen LogP) is 2.92. The topological polar surface area (TPSA) is 34.1 Å². The molecular weight excluding hydrogens is 188 g/mol. The highest BCUT2D eigenvalue weighted by molar-refractivity contribution is 6.03. The number of hydrogen-bond acceptors (Lipinski definition) is 2. The summed E-state index contributed by atoms with van der Waals surface area (Å²) in [7, 11) is 0. The fourth-order valence-corrected chi connectivity index (χ4v) is 2.18. The molecule has 1 aliphatic rings. The summed E-state index contributed by atoms with van der Waals surface area (Å²) in [4.78, 5) is 23.2. The maximum atomic E-state index is 11.8. The Bertz CT molecular complexity index is 266. The van der Waals surface area contributed by atoms with E-state index in [0.717, 1.165) is 19.3 Å². The van der Waals surface area contributed by atoms with E-state index in [4.69, 9.17) is 0 Å². The Morgan fingerprint density at radius 3 is 2.80 bits per heavy atom. The van der Waals surface area contributed by atoms with Crippen LogP contribution in [0, 0.1) is 11.8 Å². The number of Topliss-reactive ketones (excluding diaryl/α,β-unsaturated/α-hetero) is 2. The van der Waals surface area contributed by atoms with Gasteiger partial charge in [-0.15, -0.1) is 0 Å². The molecular formula is C13H20O2. The van der Waals surface area contributed by atoms with E-state index in [2.05, 4.69) is 13.0 Å². The van der Waals surface area contributed by atoms with Crippen LogP contribution in [0.2, 0.25) is 0 Å². The lowest BCUT2D eigenvalue weighted by atomic mass is 9.91. The summed E-state index contributed by atoms with van der Waals surface area (Å²) < 4.78 is 0. The SMILES string of the molecule is C/C=C/C(CC)CC(=O)C1CCCC1=O. The summed E-state index contributed by atoms with van der Waals surface area (Å²) in [6.45, 7) is 4.04. The van der Waals surface area contributed by atoms with Gasteiger partial charge in [-0.05, 0) is 32.1 Å². The van der Waals surface area contributed by atoms with Crippen molar-refractivity contribution >= 4 is 11.6 Å². The average Bonchev–Trinajstić information content (AvgIpc) is 2.63. The van der Waals surface area contributed by atoms with Crippen LogP contribution in [-0.4, -0.2) is 11.6 Å². The van der Waals surface area contributed by atoms with Gasteiger partial charge in [-0.3, -0.25) is 9.59 Å². The van der Waals surface area contributed by atoms with Crippen molar-refractivity contribution in [3.63, 3.8) is 0 Å². The van der Waals surface area contributed by atoms with E-state index in [1.807, 2.05) is 13.0 Å². The van der Waals surface area contributed by atoms with Crippen molar-refractivity contribution in [1.29, 1.82) is 0 Å². The lowest BCUT2D eigenvalue weighted by Gasteiger charge is -2.12. The van der Waals surface area contributed by atoms with Crippen LogP contribution in [0.3, 0.4) is 0 Å². The third-order valence-electron chi connectivity index (χ3n) is 3.15. The molecule has 0 aromatic carbocycles. The second kappa shape index (κ2) is 5.84. The van der Waals surface area contributed by atoms with E-state index in [1.165, 1.54) is 0 Å². The molecule has 2 heteroatoms. The lowest BCUT2D eigenvalue weighted by Crippen LogP contribution is -2.20. The molecule has 1 aliphatic carbocycles. The van der Waals surface area contributed by atoms with E-state index in [-0.39, 0.29) is 17.5 Å². The van der Waals surface area contributed by atoms with Crippen LogP contribution in [-0.2, 0) is 9.59 Å². The molecule has 0 heterocycles. The monoisotopic (exact) mass is 208 g/mol. The molecule has 84 valence electrons. The lowest BCUT2D eigenvalue weighted by molar-refractivity contribution is -0.131. The standard InChI is InChI=1S/C13H20O2/c1-3-6-10(4-2)9-13(15)11-7-5-8-12(11)14/h3,6,10-11H,4-5,7-9H2,1-2H3/b6-3+. The van der Waals surface area contributed by atoms with Crippen LogP contribution in [0.25, 0.3) is 0 Å². The van der Waals surface area contributed by atoms with Crippen LogP contribution < -0.4 is 0 Å². The van der Waals surface area contributed by atoms with Gasteiger partial charge in [0.1, 0.15) is 11.6 Å². The van der Waals surface area contributed by atoms with Crippen LogP contribution in [0.4, 0.5) is 0 Å². The molecule has 1 fully saturated rings. The quantitative estimate of drug-likeness (QED) is 0.514. The summed E-state index contributed by atoms with van der Waals surface area (Å²) >= 11 is 0. The number of rotatable bonds is 5. The highest BCUT2D eigenvalue weighted by atomic mass is 16.2. The van der Waals surface area contributed by atoms with Gasteiger partial charge in [0.15, 0.2) is 0 Å². The average molecular weight is 208 g/mol. The van der Waals surface area contributed by atoms with Crippen molar-refractivity contribution in [2.45, 2.75) is 46.0 Å². The predicted molar refractivity (Wildman–Crippen MR) is 60.6 cm³/mol. The van der Waals surface area contributed by atoms with Gasteiger partial charge in [-0.1, -0.05) is 19.1 Å². The molecule has 0 aromatic heterocycles. The van der Waals surface area contributed by atoms with E-state index in [1.54, 1.807) is 0 Å². The van der Waals surface area contributed by atoms with Crippen molar-refractivity contribution in [3.8, 4) is 0 Å². The zero-order valence-electron chi connectivity index (χ0n) is 9.66. The Balaban J connectivity index is 2.50.